The molecule has 0 spiro atoms. The van der Waals surface area contributed by atoms with Crippen LogP contribution in [-0.4, -0.2) is 4.57 Å². The van der Waals surface area contributed by atoms with Crippen molar-refractivity contribution in [3.05, 3.63) is 191 Å². The highest BCUT2D eigenvalue weighted by Gasteiger charge is 2.25. The number of aromatic nitrogens is 1. The van der Waals surface area contributed by atoms with Crippen LogP contribution in [0, 0.1) is 6.92 Å². The zero-order valence-electron chi connectivity index (χ0n) is 29.6. The van der Waals surface area contributed by atoms with Crippen LogP contribution in [0.1, 0.15) is 59.2 Å². The van der Waals surface area contributed by atoms with Crippen molar-refractivity contribution in [1.82, 2.24) is 4.57 Å². The number of hydrogen-bond acceptors (Lipinski definition) is 1. The summed E-state index contributed by atoms with van der Waals surface area (Å²) in [6.07, 6.45) is 10.3. The van der Waals surface area contributed by atoms with Crippen molar-refractivity contribution in [2.75, 3.05) is 0 Å². The molecular weight excluding hydrogens is 647 g/mol. The van der Waals surface area contributed by atoms with Crippen LogP contribution in [0.5, 0.6) is 0 Å². The Bertz CT molecular complexity index is 2770. The first-order valence-electron chi connectivity index (χ1n) is 18.5. The fourth-order valence-corrected chi connectivity index (χ4v) is 9.97. The Labute approximate surface area is 309 Å². The van der Waals surface area contributed by atoms with E-state index in [1.54, 1.807) is 0 Å². The van der Waals surface area contributed by atoms with Gasteiger partial charge in [-0.2, -0.15) is 0 Å². The molecule has 10 rings (SSSR count). The Morgan fingerprint density at radius 1 is 0.596 bits per heavy atom. The summed E-state index contributed by atoms with van der Waals surface area (Å²) in [4.78, 5) is 0. The molecule has 1 unspecified atom stereocenters. The van der Waals surface area contributed by atoms with E-state index in [4.69, 9.17) is 0 Å². The van der Waals surface area contributed by atoms with E-state index < -0.39 is 0 Å². The number of nitrogens with zero attached hydrogens (tertiary/aromatic N) is 1. The Morgan fingerprint density at radius 3 is 2.19 bits per heavy atom. The third kappa shape index (κ3) is 5.13. The molecule has 1 atom stereocenters. The van der Waals surface area contributed by atoms with Gasteiger partial charge in [0, 0.05) is 37.2 Å². The lowest BCUT2D eigenvalue weighted by Crippen LogP contribution is -2.09. The van der Waals surface area contributed by atoms with Gasteiger partial charge in [-0.1, -0.05) is 127 Å². The number of rotatable bonds is 5. The van der Waals surface area contributed by atoms with Crippen LogP contribution in [0.15, 0.2) is 157 Å². The molecule has 0 fully saturated rings. The molecule has 250 valence electrons. The molecule has 2 heterocycles. The van der Waals surface area contributed by atoms with Gasteiger partial charge in [0.15, 0.2) is 0 Å². The van der Waals surface area contributed by atoms with E-state index in [1.165, 1.54) is 98.1 Å². The first-order valence-corrected chi connectivity index (χ1v) is 19.3. The highest BCUT2D eigenvalue weighted by Crippen LogP contribution is 2.45. The molecular formula is C50H39NS. The monoisotopic (exact) mass is 685 g/mol. The van der Waals surface area contributed by atoms with Crippen molar-refractivity contribution in [3.8, 4) is 16.8 Å². The molecule has 2 aliphatic carbocycles. The Morgan fingerprint density at radius 2 is 1.37 bits per heavy atom. The number of allylic oxidation sites excluding steroid dienone is 5. The quantitative estimate of drug-likeness (QED) is 0.170. The van der Waals surface area contributed by atoms with Crippen molar-refractivity contribution in [2.24, 2.45) is 0 Å². The van der Waals surface area contributed by atoms with Gasteiger partial charge in [0.1, 0.15) is 0 Å². The molecule has 6 aromatic carbocycles. The predicted molar refractivity (Wildman–Crippen MR) is 225 cm³/mol. The Balaban J connectivity index is 1.08. The van der Waals surface area contributed by atoms with E-state index >= 15 is 0 Å². The third-order valence-corrected chi connectivity index (χ3v) is 12.6. The van der Waals surface area contributed by atoms with Crippen molar-refractivity contribution < 1.29 is 0 Å². The van der Waals surface area contributed by atoms with E-state index in [2.05, 4.69) is 176 Å². The summed E-state index contributed by atoms with van der Waals surface area (Å²) in [6, 6.07) is 51.7. The van der Waals surface area contributed by atoms with Crippen molar-refractivity contribution in [3.63, 3.8) is 0 Å². The fraction of sp³-hybridized carbons (Fsp3) is 0.120. The molecule has 2 aliphatic rings. The summed E-state index contributed by atoms with van der Waals surface area (Å²) >= 11 is 1.90. The molecule has 0 N–H and O–H groups in total. The highest BCUT2D eigenvalue weighted by atomic mass is 32.1. The molecule has 0 amide bonds. The molecule has 52 heavy (non-hydrogen) atoms. The maximum atomic E-state index is 2.53. The van der Waals surface area contributed by atoms with Gasteiger partial charge in [0.05, 0.1) is 11.2 Å². The fourth-order valence-electron chi connectivity index (χ4n) is 8.84. The second-order valence-electron chi connectivity index (χ2n) is 14.5. The van der Waals surface area contributed by atoms with Crippen LogP contribution < -0.4 is 0 Å². The molecule has 0 bridgehead atoms. The van der Waals surface area contributed by atoms with Crippen LogP contribution in [0.3, 0.4) is 0 Å². The Hall–Kier alpha value is -5.70. The van der Waals surface area contributed by atoms with Crippen LogP contribution in [-0.2, 0) is 6.42 Å². The number of hydrogen-bond donors (Lipinski definition) is 0. The first kappa shape index (κ1) is 31.1. The standard InChI is InChI=1S/C50H39NS/c1-32-20-21-38(41-17-11-19-49-50(41)44-16-9-10-18-48(44)52-49)29-45(32)40-27-24-39(28-33(40)2)51-46-30-36(34-12-5-3-6-13-34)22-25-42(46)43-26-23-37(31-47(43)51)35-14-7-4-8-15-35/h3-22,24-25,27-28,30-31,45H,23,26,29H2,1-2H3. The second kappa shape index (κ2) is 12.5. The van der Waals surface area contributed by atoms with Gasteiger partial charge in [-0.25, -0.2) is 0 Å². The van der Waals surface area contributed by atoms with Gasteiger partial charge in [-0.05, 0) is 120 Å². The van der Waals surface area contributed by atoms with Gasteiger partial charge in [-0.15, -0.1) is 11.3 Å². The van der Waals surface area contributed by atoms with Gasteiger partial charge >= 0.3 is 0 Å². The number of benzene rings is 6. The lowest BCUT2D eigenvalue weighted by atomic mass is 9.79. The normalized spacial score (nSPS) is 15.8. The van der Waals surface area contributed by atoms with E-state index in [0.717, 1.165) is 19.3 Å². The zero-order chi connectivity index (χ0) is 34.8. The Kier molecular flexibility index (Phi) is 7.47. The lowest BCUT2D eigenvalue weighted by molar-refractivity contribution is 0.802. The second-order valence-corrected chi connectivity index (χ2v) is 15.6. The summed E-state index contributed by atoms with van der Waals surface area (Å²) < 4.78 is 5.26. The summed E-state index contributed by atoms with van der Waals surface area (Å²) in [5.74, 6) is 0.332. The third-order valence-electron chi connectivity index (χ3n) is 11.5. The minimum absolute atomic E-state index is 0.332. The maximum absolute atomic E-state index is 2.53. The predicted octanol–water partition coefficient (Wildman–Crippen LogP) is 14.0. The molecule has 1 nitrogen and oxygen atoms in total. The van der Waals surface area contributed by atoms with Crippen LogP contribution in [0.25, 0.3) is 65.1 Å². The molecule has 8 aromatic rings. The molecule has 0 saturated heterocycles. The molecule has 2 aromatic heterocycles. The van der Waals surface area contributed by atoms with Crippen molar-refractivity contribution in [1.29, 1.82) is 0 Å². The van der Waals surface area contributed by atoms with Gasteiger partial charge < -0.3 is 4.57 Å². The van der Waals surface area contributed by atoms with E-state index in [1.807, 2.05) is 11.3 Å². The van der Waals surface area contributed by atoms with Crippen LogP contribution >= 0.6 is 11.3 Å². The number of fused-ring (bicyclic) bond motifs is 6. The smallest absolute Gasteiger partial charge is 0.0543 e. The summed E-state index contributed by atoms with van der Waals surface area (Å²) in [5, 5.41) is 4.12. The molecule has 2 heteroatoms. The van der Waals surface area contributed by atoms with E-state index in [0.29, 0.717) is 5.92 Å². The maximum Gasteiger partial charge on any atom is 0.0543 e. The van der Waals surface area contributed by atoms with Gasteiger partial charge in [-0.3, -0.25) is 0 Å². The number of aryl methyl sites for hydroxylation is 2. The summed E-state index contributed by atoms with van der Waals surface area (Å²) in [5.41, 5.74) is 17.5. The largest absolute Gasteiger partial charge is 0.310 e. The highest BCUT2D eigenvalue weighted by molar-refractivity contribution is 7.25. The van der Waals surface area contributed by atoms with Crippen LogP contribution in [0.4, 0.5) is 0 Å². The molecule has 0 radical (unpaired) electrons. The van der Waals surface area contributed by atoms with Crippen LogP contribution in [0.2, 0.25) is 0 Å². The summed E-state index contributed by atoms with van der Waals surface area (Å²) in [6.45, 7) is 4.62. The molecule has 0 aliphatic heterocycles. The average Bonchev–Trinajstić information content (AvgIpc) is 3.74. The number of thiophene rings is 1. The minimum Gasteiger partial charge on any atom is -0.310 e. The zero-order valence-corrected chi connectivity index (χ0v) is 30.4. The SMILES string of the molecule is CC1=CC=C(c2cccc3sc4ccccc4c23)CC1c1ccc(-n2c3c(c4ccc(-c5ccccc5)cc42)CCC(c2ccccc2)=C3)cc1C. The van der Waals surface area contributed by atoms with Crippen molar-refractivity contribution >= 4 is 59.6 Å². The van der Waals surface area contributed by atoms with E-state index in [9.17, 15) is 0 Å². The van der Waals surface area contributed by atoms with Gasteiger partial charge in [0.2, 0.25) is 0 Å². The lowest BCUT2D eigenvalue weighted by Gasteiger charge is -2.26. The van der Waals surface area contributed by atoms with Gasteiger partial charge in [0.25, 0.3) is 0 Å². The minimum atomic E-state index is 0.332. The topological polar surface area (TPSA) is 4.93 Å². The van der Waals surface area contributed by atoms with E-state index in [-0.39, 0.29) is 0 Å². The van der Waals surface area contributed by atoms with Crippen molar-refractivity contribution in [2.45, 2.75) is 39.0 Å². The average molecular weight is 686 g/mol. The first-order chi connectivity index (χ1) is 25.6. The summed E-state index contributed by atoms with van der Waals surface area (Å²) in [7, 11) is 0. The molecule has 0 saturated carbocycles.